The smallest absolute Gasteiger partial charge is 0.225 e. The van der Waals surface area contributed by atoms with Crippen LogP contribution < -0.4 is 5.32 Å². The average molecular weight is 351 g/mol. The van der Waals surface area contributed by atoms with Gasteiger partial charge >= 0.3 is 0 Å². The van der Waals surface area contributed by atoms with Gasteiger partial charge in [0, 0.05) is 30.0 Å². The minimum absolute atomic E-state index is 0.00563. The van der Waals surface area contributed by atoms with E-state index in [1.165, 1.54) is 12.1 Å². The highest BCUT2D eigenvalue weighted by Crippen LogP contribution is 2.42. The molecule has 1 heterocycles. The SMILES string of the molecule is O=C1CC(c2cccc(O)c2)C2=C(CC(c3ccc(F)cc3)CC2=O)N1. The first-order chi connectivity index (χ1) is 12.5. The summed E-state index contributed by atoms with van der Waals surface area (Å²) in [5, 5.41) is 12.6. The van der Waals surface area contributed by atoms with Crippen molar-refractivity contribution in [2.45, 2.75) is 31.1 Å². The Labute approximate surface area is 150 Å². The molecule has 0 saturated carbocycles. The monoisotopic (exact) mass is 351 g/mol. The molecule has 2 aliphatic rings. The molecule has 4 rings (SSSR count). The second-order valence-corrected chi connectivity index (χ2v) is 6.87. The molecule has 0 aromatic heterocycles. The molecule has 0 saturated heterocycles. The molecule has 5 heteroatoms. The van der Waals surface area contributed by atoms with Gasteiger partial charge in [-0.25, -0.2) is 4.39 Å². The molecule has 4 nitrogen and oxygen atoms in total. The summed E-state index contributed by atoms with van der Waals surface area (Å²) in [7, 11) is 0. The zero-order valence-electron chi connectivity index (χ0n) is 14.0. The van der Waals surface area contributed by atoms with Gasteiger partial charge in [0.05, 0.1) is 0 Å². The van der Waals surface area contributed by atoms with Crippen LogP contribution in [-0.4, -0.2) is 16.8 Å². The van der Waals surface area contributed by atoms with Crippen molar-refractivity contribution in [3.63, 3.8) is 0 Å². The van der Waals surface area contributed by atoms with Crippen LogP contribution in [0.5, 0.6) is 5.75 Å². The molecule has 0 radical (unpaired) electrons. The third-order valence-electron chi connectivity index (χ3n) is 5.15. The number of ketones is 1. The number of carbonyl (C=O) groups excluding carboxylic acids is 2. The van der Waals surface area contributed by atoms with Gasteiger partial charge in [-0.3, -0.25) is 9.59 Å². The summed E-state index contributed by atoms with van der Waals surface area (Å²) in [4.78, 5) is 25.1. The predicted octanol–water partition coefficient (Wildman–Crippen LogP) is 3.54. The number of amides is 1. The Bertz CT molecular complexity index is 917. The van der Waals surface area contributed by atoms with Crippen molar-refractivity contribution in [3.8, 4) is 5.75 Å². The number of halogens is 1. The highest BCUT2D eigenvalue weighted by molar-refractivity contribution is 6.02. The molecule has 132 valence electrons. The average Bonchev–Trinajstić information content (AvgIpc) is 2.61. The summed E-state index contributed by atoms with van der Waals surface area (Å²) in [6.07, 6.45) is 1.05. The van der Waals surface area contributed by atoms with Crippen molar-refractivity contribution in [2.24, 2.45) is 0 Å². The second kappa shape index (κ2) is 6.41. The van der Waals surface area contributed by atoms with Crippen molar-refractivity contribution in [1.29, 1.82) is 0 Å². The Morgan fingerprint density at radius 2 is 1.73 bits per heavy atom. The van der Waals surface area contributed by atoms with Crippen molar-refractivity contribution in [3.05, 3.63) is 76.7 Å². The fourth-order valence-corrected chi connectivity index (χ4v) is 3.96. The van der Waals surface area contributed by atoms with E-state index in [0.29, 0.717) is 24.1 Å². The fourth-order valence-electron chi connectivity index (χ4n) is 3.96. The van der Waals surface area contributed by atoms with E-state index >= 15 is 0 Å². The Balaban J connectivity index is 1.71. The van der Waals surface area contributed by atoms with Crippen molar-refractivity contribution >= 4 is 11.7 Å². The summed E-state index contributed by atoms with van der Waals surface area (Å²) in [5.41, 5.74) is 2.94. The Morgan fingerprint density at radius 3 is 2.46 bits per heavy atom. The maximum absolute atomic E-state index is 13.2. The number of Topliss-reactive ketones (excluding diaryl/α,β-unsaturated/α-hetero) is 1. The number of hydrogen-bond acceptors (Lipinski definition) is 3. The molecule has 1 aliphatic heterocycles. The van der Waals surface area contributed by atoms with E-state index in [4.69, 9.17) is 0 Å². The Hall–Kier alpha value is -2.95. The van der Waals surface area contributed by atoms with Crippen molar-refractivity contribution in [2.75, 3.05) is 0 Å². The normalized spacial score (nSPS) is 22.8. The van der Waals surface area contributed by atoms with Gasteiger partial charge in [-0.2, -0.15) is 0 Å². The molecule has 2 unspecified atom stereocenters. The Kier molecular flexibility index (Phi) is 4.07. The zero-order chi connectivity index (χ0) is 18.3. The maximum Gasteiger partial charge on any atom is 0.225 e. The molecule has 2 N–H and O–H groups in total. The van der Waals surface area contributed by atoms with E-state index in [0.717, 1.165) is 11.1 Å². The molecule has 0 bridgehead atoms. The highest BCUT2D eigenvalue weighted by Gasteiger charge is 2.38. The summed E-state index contributed by atoms with van der Waals surface area (Å²) < 4.78 is 13.2. The number of phenols is 1. The lowest BCUT2D eigenvalue weighted by molar-refractivity contribution is -0.122. The summed E-state index contributed by atoms with van der Waals surface area (Å²) in [6.45, 7) is 0. The van der Waals surface area contributed by atoms with Gasteiger partial charge in [-0.05, 0) is 47.7 Å². The van der Waals surface area contributed by atoms with Gasteiger partial charge in [0.1, 0.15) is 11.6 Å². The number of hydrogen-bond donors (Lipinski definition) is 2. The van der Waals surface area contributed by atoms with E-state index in [-0.39, 0.29) is 41.5 Å². The van der Waals surface area contributed by atoms with Crippen LogP contribution in [0.2, 0.25) is 0 Å². The standard InChI is InChI=1S/C21H18FNO3/c22-15-6-4-12(5-7-15)14-9-18-21(19(25)10-14)17(11-20(26)23-18)13-2-1-3-16(24)8-13/h1-8,14,17,24H,9-11H2,(H,23,26). The van der Waals surface area contributed by atoms with Gasteiger partial charge in [0.2, 0.25) is 5.91 Å². The first-order valence-corrected chi connectivity index (χ1v) is 8.62. The van der Waals surface area contributed by atoms with Gasteiger partial charge in [-0.1, -0.05) is 24.3 Å². The quantitative estimate of drug-likeness (QED) is 0.870. The van der Waals surface area contributed by atoms with E-state index in [9.17, 15) is 19.1 Å². The maximum atomic E-state index is 13.2. The number of allylic oxidation sites excluding steroid dienone is 2. The number of rotatable bonds is 2. The molecular weight excluding hydrogens is 333 g/mol. The largest absolute Gasteiger partial charge is 0.508 e. The van der Waals surface area contributed by atoms with Crippen LogP contribution in [0.15, 0.2) is 59.8 Å². The zero-order valence-corrected chi connectivity index (χ0v) is 14.0. The molecule has 1 aliphatic carbocycles. The highest BCUT2D eigenvalue weighted by atomic mass is 19.1. The van der Waals surface area contributed by atoms with Gasteiger partial charge in [0.25, 0.3) is 0 Å². The van der Waals surface area contributed by atoms with Crippen LogP contribution in [0, 0.1) is 5.82 Å². The number of carbonyl (C=O) groups is 2. The molecular formula is C21H18FNO3. The third-order valence-corrected chi connectivity index (χ3v) is 5.15. The lowest BCUT2D eigenvalue weighted by atomic mass is 9.73. The lowest BCUT2D eigenvalue weighted by Gasteiger charge is -2.34. The van der Waals surface area contributed by atoms with Gasteiger partial charge < -0.3 is 10.4 Å². The van der Waals surface area contributed by atoms with Crippen LogP contribution in [0.3, 0.4) is 0 Å². The number of phenolic OH excluding ortho intramolecular Hbond substituents is 1. The van der Waals surface area contributed by atoms with Crippen molar-refractivity contribution in [1.82, 2.24) is 5.32 Å². The lowest BCUT2D eigenvalue weighted by Crippen LogP contribution is -2.38. The van der Waals surface area contributed by atoms with E-state index in [2.05, 4.69) is 5.32 Å². The topological polar surface area (TPSA) is 66.4 Å². The van der Waals surface area contributed by atoms with Crippen LogP contribution in [0.1, 0.15) is 42.2 Å². The van der Waals surface area contributed by atoms with Crippen molar-refractivity contribution < 1.29 is 19.1 Å². The number of nitrogens with one attached hydrogen (secondary N) is 1. The minimum atomic E-state index is -0.340. The molecule has 26 heavy (non-hydrogen) atoms. The fraction of sp³-hybridized carbons (Fsp3) is 0.238. The van der Waals surface area contributed by atoms with E-state index in [1.807, 2.05) is 6.07 Å². The van der Waals surface area contributed by atoms with Gasteiger partial charge in [-0.15, -0.1) is 0 Å². The minimum Gasteiger partial charge on any atom is -0.508 e. The van der Waals surface area contributed by atoms with E-state index < -0.39 is 0 Å². The summed E-state index contributed by atoms with van der Waals surface area (Å²) in [5.74, 6) is -0.759. The van der Waals surface area contributed by atoms with Crippen LogP contribution in [-0.2, 0) is 9.59 Å². The molecule has 1 amide bonds. The molecule has 2 aromatic rings. The first-order valence-electron chi connectivity index (χ1n) is 8.62. The molecule has 0 spiro atoms. The predicted molar refractivity (Wildman–Crippen MR) is 94.0 cm³/mol. The van der Waals surface area contributed by atoms with Crippen LogP contribution >= 0.6 is 0 Å². The molecule has 0 fully saturated rings. The first kappa shape index (κ1) is 16.5. The second-order valence-electron chi connectivity index (χ2n) is 6.87. The Morgan fingerprint density at radius 1 is 0.962 bits per heavy atom. The molecule has 2 aromatic carbocycles. The van der Waals surface area contributed by atoms with Crippen LogP contribution in [0.4, 0.5) is 4.39 Å². The molecule has 2 atom stereocenters. The summed E-state index contributed by atoms with van der Waals surface area (Å²) in [6, 6.07) is 12.9. The van der Waals surface area contributed by atoms with Gasteiger partial charge in [0.15, 0.2) is 5.78 Å². The van der Waals surface area contributed by atoms with E-state index in [1.54, 1.807) is 30.3 Å². The van der Waals surface area contributed by atoms with Crippen LogP contribution in [0.25, 0.3) is 0 Å². The summed E-state index contributed by atoms with van der Waals surface area (Å²) >= 11 is 0. The third kappa shape index (κ3) is 3.01. The number of aromatic hydroxyl groups is 1. The number of benzene rings is 2.